The number of nitrogens with zero attached hydrogens (tertiary/aromatic N) is 1. The minimum Gasteiger partial charge on any atom is -0.490 e. The van der Waals surface area contributed by atoms with Gasteiger partial charge in [-0.25, -0.2) is 4.79 Å². The van der Waals surface area contributed by atoms with Crippen molar-refractivity contribution in [2.24, 2.45) is 0 Å². The third kappa shape index (κ3) is 6.16. The summed E-state index contributed by atoms with van der Waals surface area (Å²) in [6, 6.07) is 18.4. The maximum atomic E-state index is 12.6. The number of carbonyl (C=O) groups excluding carboxylic acids is 2. The molecule has 8 heteroatoms. The number of rotatable bonds is 7. The Hall–Kier alpha value is -3.79. The van der Waals surface area contributed by atoms with E-state index in [9.17, 15) is 14.9 Å². The van der Waals surface area contributed by atoms with E-state index in [0.29, 0.717) is 23.5 Å². The first kappa shape index (κ1) is 24.8. The molecule has 6 nitrogen and oxygen atoms in total. The Morgan fingerprint density at radius 3 is 2.47 bits per heavy atom. The molecule has 3 aromatic carbocycles. The first-order valence-electron chi connectivity index (χ1n) is 10.2. The highest BCUT2D eigenvalue weighted by Crippen LogP contribution is 2.31. The molecular formula is C26H20Cl2N2O4. The van der Waals surface area contributed by atoms with E-state index < -0.39 is 11.9 Å². The molecule has 0 aliphatic carbocycles. The molecule has 172 valence electrons. The fraction of sp³-hybridized carbons (Fsp3) is 0.115. The molecule has 0 aromatic heterocycles. The van der Waals surface area contributed by atoms with Crippen molar-refractivity contribution >= 4 is 46.8 Å². The number of benzene rings is 3. The van der Waals surface area contributed by atoms with Crippen LogP contribution in [0.25, 0.3) is 6.08 Å². The van der Waals surface area contributed by atoms with Crippen molar-refractivity contribution in [2.75, 3.05) is 11.9 Å². The van der Waals surface area contributed by atoms with Gasteiger partial charge in [0.05, 0.1) is 27.9 Å². The van der Waals surface area contributed by atoms with Crippen LogP contribution in [0, 0.1) is 18.3 Å². The van der Waals surface area contributed by atoms with Crippen LogP contribution in [0.1, 0.15) is 28.4 Å². The van der Waals surface area contributed by atoms with Gasteiger partial charge in [-0.1, -0.05) is 53.0 Å². The molecule has 0 atom stereocenters. The highest BCUT2D eigenvalue weighted by Gasteiger charge is 2.16. The van der Waals surface area contributed by atoms with E-state index in [1.54, 1.807) is 55.5 Å². The summed E-state index contributed by atoms with van der Waals surface area (Å²) >= 11 is 12.1. The second kappa shape index (κ2) is 11.4. The summed E-state index contributed by atoms with van der Waals surface area (Å²) in [4.78, 5) is 25.1. The van der Waals surface area contributed by atoms with Crippen LogP contribution in [0.4, 0.5) is 5.69 Å². The van der Waals surface area contributed by atoms with Crippen LogP contribution in [0.2, 0.25) is 10.0 Å². The van der Waals surface area contributed by atoms with Gasteiger partial charge in [-0.2, -0.15) is 5.26 Å². The number of aryl methyl sites for hydroxylation is 1. The first-order valence-corrected chi connectivity index (χ1v) is 11.0. The fourth-order valence-electron chi connectivity index (χ4n) is 2.92. The van der Waals surface area contributed by atoms with Crippen molar-refractivity contribution in [3.8, 4) is 17.6 Å². The number of hydrogen-bond donors (Lipinski definition) is 1. The van der Waals surface area contributed by atoms with Gasteiger partial charge in [-0.15, -0.1) is 0 Å². The number of esters is 1. The number of nitriles is 1. The van der Waals surface area contributed by atoms with E-state index in [0.717, 1.165) is 5.56 Å². The van der Waals surface area contributed by atoms with Gasteiger partial charge in [0.1, 0.15) is 11.6 Å². The summed E-state index contributed by atoms with van der Waals surface area (Å²) in [5, 5.41) is 12.5. The lowest BCUT2D eigenvalue weighted by Gasteiger charge is -2.12. The SMILES string of the molecule is CCOc1cc(/C=C(\C#N)C(=O)Nc2cccc(Cl)c2Cl)ccc1OC(=O)c1ccc(C)cc1. The molecule has 0 aliphatic rings. The van der Waals surface area contributed by atoms with Crippen molar-refractivity contribution in [1.82, 2.24) is 0 Å². The number of nitrogens with one attached hydrogen (secondary N) is 1. The minimum atomic E-state index is -0.653. The van der Waals surface area contributed by atoms with Crippen molar-refractivity contribution in [3.05, 3.63) is 93.0 Å². The van der Waals surface area contributed by atoms with Crippen molar-refractivity contribution in [2.45, 2.75) is 13.8 Å². The van der Waals surface area contributed by atoms with Gasteiger partial charge in [-0.3, -0.25) is 4.79 Å². The predicted molar refractivity (Wildman–Crippen MR) is 132 cm³/mol. The third-order valence-electron chi connectivity index (χ3n) is 4.63. The smallest absolute Gasteiger partial charge is 0.343 e. The Bertz CT molecular complexity index is 1300. The van der Waals surface area contributed by atoms with Crippen LogP contribution in [-0.4, -0.2) is 18.5 Å². The quantitative estimate of drug-likeness (QED) is 0.176. The summed E-state index contributed by atoms with van der Waals surface area (Å²) < 4.78 is 11.1. The van der Waals surface area contributed by atoms with Gasteiger partial charge in [0.15, 0.2) is 11.5 Å². The maximum Gasteiger partial charge on any atom is 0.343 e. The van der Waals surface area contributed by atoms with Crippen LogP contribution in [0.15, 0.2) is 66.2 Å². The number of halogens is 2. The summed E-state index contributed by atoms with van der Waals surface area (Å²) in [6.07, 6.45) is 1.39. The second-order valence-electron chi connectivity index (χ2n) is 7.12. The molecule has 0 spiro atoms. The number of carbonyl (C=O) groups is 2. The monoisotopic (exact) mass is 494 g/mol. The average Bonchev–Trinajstić information content (AvgIpc) is 2.82. The minimum absolute atomic E-state index is 0.164. The molecule has 0 saturated carbocycles. The number of hydrogen-bond acceptors (Lipinski definition) is 5. The topological polar surface area (TPSA) is 88.4 Å². The van der Waals surface area contributed by atoms with E-state index >= 15 is 0 Å². The van der Waals surface area contributed by atoms with E-state index in [1.807, 2.05) is 25.1 Å². The van der Waals surface area contributed by atoms with Crippen LogP contribution >= 0.6 is 23.2 Å². The molecule has 1 amide bonds. The largest absolute Gasteiger partial charge is 0.490 e. The van der Waals surface area contributed by atoms with E-state index in [1.165, 1.54) is 6.08 Å². The van der Waals surface area contributed by atoms with Gasteiger partial charge >= 0.3 is 5.97 Å². The van der Waals surface area contributed by atoms with Gasteiger partial charge in [-0.05, 0) is 61.9 Å². The Morgan fingerprint density at radius 2 is 1.79 bits per heavy atom. The lowest BCUT2D eigenvalue weighted by Crippen LogP contribution is -2.13. The van der Waals surface area contributed by atoms with Crippen molar-refractivity contribution in [3.63, 3.8) is 0 Å². The Morgan fingerprint density at radius 1 is 1.06 bits per heavy atom. The normalized spacial score (nSPS) is 10.9. The lowest BCUT2D eigenvalue weighted by atomic mass is 10.1. The summed E-state index contributed by atoms with van der Waals surface area (Å²) in [7, 11) is 0. The zero-order chi connectivity index (χ0) is 24.7. The first-order chi connectivity index (χ1) is 16.3. The zero-order valence-electron chi connectivity index (χ0n) is 18.4. The van der Waals surface area contributed by atoms with Gasteiger partial charge in [0, 0.05) is 0 Å². The summed E-state index contributed by atoms with van der Waals surface area (Å²) in [6.45, 7) is 4.03. The molecule has 0 radical (unpaired) electrons. The number of anilines is 1. The molecule has 3 rings (SSSR count). The Balaban J connectivity index is 1.84. The van der Waals surface area contributed by atoms with E-state index in [-0.39, 0.29) is 27.1 Å². The van der Waals surface area contributed by atoms with Gasteiger partial charge in [0.2, 0.25) is 0 Å². The van der Waals surface area contributed by atoms with E-state index in [4.69, 9.17) is 32.7 Å². The molecule has 0 fully saturated rings. The van der Waals surface area contributed by atoms with Crippen LogP contribution in [-0.2, 0) is 4.79 Å². The highest BCUT2D eigenvalue weighted by atomic mass is 35.5. The molecule has 0 unspecified atom stereocenters. The number of ether oxygens (including phenoxy) is 2. The van der Waals surface area contributed by atoms with Gasteiger partial charge < -0.3 is 14.8 Å². The fourth-order valence-corrected chi connectivity index (χ4v) is 3.27. The molecule has 3 aromatic rings. The van der Waals surface area contributed by atoms with Gasteiger partial charge in [0.25, 0.3) is 5.91 Å². The maximum absolute atomic E-state index is 12.6. The molecular weight excluding hydrogens is 475 g/mol. The standard InChI is InChI=1S/C26H20Cl2N2O4/c1-3-33-23-14-17(9-12-22(23)34-26(32)18-10-7-16(2)8-11-18)13-19(15-29)25(31)30-21-6-4-5-20(27)24(21)28/h4-14H,3H2,1-2H3,(H,30,31)/b19-13+. The van der Waals surface area contributed by atoms with Crippen LogP contribution in [0.3, 0.4) is 0 Å². The molecule has 0 heterocycles. The Labute approximate surface area is 207 Å². The predicted octanol–water partition coefficient (Wildman–Crippen LogP) is 6.47. The van der Waals surface area contributed by atoms with Crippen LogP contribution in [0.5, 0.6) is 11.5 Å². The molecule has 34 heavy (non-hydrogen) atoms. The molecule has 1 N–H and O–H groups in total. The highest BCUT2D eigenvalue weighted by molar-refractivity contribution is 6.44. The summed E-state index contributed by atoms with van der Waals surface area (Å²) in [5.41, 5.74) is 2.05. The van der Waals surface area contributed by atoms with Crippen molar-refractivity contribution in [1.29, 1.82) is 5.26 Å². The second-order valence-corrected chi connectivity index (χ2v) is 7.91. The Kier molecular flexibility index (Phi) is 8.31. The summed E-state index contributed by atoms with van der Waals surface area (Å²) in [5.74, 6) is -0.662. The average molecular weight is 495 g/mol. The van der Waals surface area contributed by atoms with Crippen molar-refractivity contribution < 1.29 is 19.1 Å². The van der Waals surface area contributed by atoms with Crippen LogP contribution < -0.4 is 14.8 Å². The zero-order valence-corrected chi connectivity index (χ0v) is 19.9. The third-order valence-corrected chi connectivity index (χ3v) is 5.45. The lowest BCUT2D eigenvalue weighted by molar-refractivity contribution is -0.112. The van der Waals surface area contributed by atoms with E-state index in [2.05, 4.69) is 5.32 Å². The molecule has 0 aliphatic heterocycles. The molecule has 0 saturated heterocycles. The number of amides is 1. The molecule has 0 bridgehead atoms.